The summed E-state index contributed by atoms with van der Waals surface area (Å²) in [6.07, 6.45) is 6.83. The van der Waals surface area contributed by atoms with Crippen molar-refractivity contribution in [1.82, 2.24) is 9.78 Å². The van der Waals surface area contributed by atoms with Crippen molar-refractivity contribution in [2.45, 2.75) is 6.42 Å². The van der Waals surface area contributed by atoms with Crippen molar-refractivity contribution in [2.24, 2.45) is 4.99 Å². The third-order valence-corrected chi connectivity index (χ3v) is 4.76. The van der Waals surface area contributed by atoms with Crippen LogP contribution in [0.5, 0.6) is 0 Å². The Morgan fingerprint density at radius 1 is 1.13 bits per heavy atom. The van der Waals surface area contributed by atoms with Gasteiger partial charge in [0.25, 0.3) is 0 Å². The Balaban J connectivity index is 1.73. The van der Waals surface area contributed by atoms with Gasteiger partial charge in [-0.05, 0) is 30.3 Å². The average Bonchev–Trinajstić information content (AvgIpc) is 3.30. The number of rotatable bonds is 6. The van der Waals surface area contributed by atoms with E-state index in [-0.39, 0.29) is 23.2 Å². The van der Waals surface area contributed by atoms with Gasteiger partial charge in [-0.1, -0.05) is 30.4 Å². The lowest BCUT2D eigenvalue weighted by atomic mass is 10.2. The average molecular weight is 401 g/mol. The third-order valence-electron chi connectivity index (χ3n) is 4.76. The van der Waals surface area contributed by atoms with E-state index in [0.29, 0.717) is 11.4 Å². The third kappa shape index (κ3) is 4.10. The molecule has 1 aliphatic rings. The molecule has 0 spiro atoms. The molecule has 2 aromatic carbocycles. The molecule has 0 atom stereocenters. The molecule has 0 radical (unpaired) electrons. The highest BCUT2D eigenvalue weighted by Gasteiger charge is 2.15. The fourth-order valence-corrected chi connectivity index (χ4v) is 3.26. The van der Waals surface area contributed by atoms with E-state index in [4.69, 9.17) is 5.41 Å². The van der Waals surface area contributed by atoms with Crippen molar-refractivity contribution >= 4 is 23.3 Å². The van der Waals surface area contributed by atoms with Crippen molar-refractivity contribution < 1.29 is 4.39 Å². The standard InChI is InChI=1S/C23H20FN5O/c24-19-16-18(28-13-4-5-14-28)8-9-21(19)29-15-11-22(30)23(27-29)20(10-12-25)26-17-6-2-1-3-7-17/h1-9,11-12,15-16,25H,10,13-14H2. The molecule has 0 saturated heterocycles. The number of hydrogen-bond acceptors (Lipinski definition) is 5. The number of nitrogens with zero attached hydrogens (tertiary/aromatic N) is 4. The first kappa shape index (κ1) is 19.4. The quantitative estimate of drug-likeness (QED) is 0.503. The fourth-order valence-electron chi connectivity index (χ4n) is 3.26. The van der Waals surface area contributed by atoms with E-state index in [2.05, 4.69) is 10.1 Å². The van der Waals surface area contributed by atoms with Crippen molar-refractivity contribution in [2.75, 3.05) is 18.0 Å². The molecule has 2 heterocycles. The summed E-state index contributed by atoms with van der Waals surface area (Å²) in [7, 11) is 0. The van der Waals surface area contributed by atoms with Crippen LogP contribution in [0.3, 0.4) is 0 Å². The van der Waals surface area contributed by atoms with E-state index < -0.39 is 5.82 Å². The van der Waals surface area contributed by atoms with Gasteiger partial charge in [-0.3, -0.25) is 9.79 Å². The topological polar surface area (TPSA) is 74.3 Å². The van der Waals surface area contributed by atoms with Crippen LogP contribution in [0.4, 0.5) is 15.8 Å². The van der Waals surface area contributed by atoms with Gasteiger partial charge >= 0.3 is 0 Å². The monoisotopic (exact) mass is 401 g/mol. The second-order valence-electron chi connectivity index (χ2n) is 6.79. The highest BCUT2D eigenvalue weighted by molar-refractivity contribution is 6.06. The van der Waals surface area contributed by atoms with Gasteiger partial charge in [0.2, 0.25) is 5.43 Å². The van der Waals surface area contributed by atoms with Gasteiger partial charge in [-0.2, -0.15) is 5.10 Å². The van der Waals surface area contributed by atoms with Gasteiger partial charge in [0.1, 0.15) is 5.69 Å². The maximum atomic E-state index is 14.9. The van der Waals surface area contributed by atoms with E-state index in [9.17, 15) is 9.18 Å². The number of aliphatic imine (C=N–C) groups is 1. The van der Waals surface area contributed by atoms with Crippen molar-refractivity contribution in [3.63, 3.8) is 0 Å². The molecular weight excluding hydrogens is 381 g/mol. The molecule has 4 rings (SSSR count). The molecule has 0 unspecified atom stereocenters. The molecule has 1 aromatic heterocycles. The normalized spacial score (nSPS) is 13.6. The molecule has 0 aliphatic carbocycles. The maximum absolute atomic E-state index is 14.9. The van der Waals surface area contributed by atoms with E-state index >= 15 is 0 Å². The molecule has 0 bridgehead atoms. The zero-order chi connectivity index (χ0) is 20.9. The minimum Gasteiger partial charge on any atom is -0.364 e. The smallest absolute Gasteiger partial charge is 0.209 e. The van der Waals surface area contributed by atoms with Gasteiger partial charge in [0.05, 0.1) is 11.4 Å². The molecule has 7 heteroatoms. The SMILES string of the molecule is N=CCC(=Nc1ccccc1)c1nn(-c2ccc(N3CC=CC3)cc2F)ccc1=O. The van der Waals surface area contributed by atoms with Crippen LogP contribution in [0.15, 0.2) is 82.7 Å². The summed E-state index contributed by atoms with van der Waals surface area (Å²) in [4.78, 5) is 19.0. The number of benzene rings is 2. The van der Waals surface area contributed by atoms with Crippen LogP contribution < -0.4 is 10.3 Å². The van der Waals surface area contributed by atoms with Crippen LogP contribution in [0.1, 0.15) is 12.1 Å². The Morgan fingerprint density at radius 3 is 2.60 bits per heavy atom. The molecule has 3 aromatic rings. The first-order valence-electron chi connectivity index (χ1n) is 9.57. The van der Waals surface area contributed by atoms with Crippen LogP contribution >= 0.6 is 0 Å². The Kier molecular flexibility index (Phi) is 5.61. The van der Waals surface area contributed by atoms with Crippen molar-refractivity contribution in [3.8, 4) is 5.69 Å². The number of halogens is 1. The molecule has 30 heavy (non-hydrogen) atoms. The summed E-state index contributed by atoms with van der Waals surface area (Å²) >= 11 is 0. The lowest BCUT2D eigenvalue weighted by molar-refractivity contribution is 0.607. The predicted octanol–water partition coefficient (Wildman–Crippen LogP) is 3.91. The summed E-state index contributed by atoms with van der Waals surface area (Å²) in [5.74, 6) is -0.435. The minimum atomic E-state index is -0.435. The Labute approximate surface area is 173 Å². The lowest BCUT2D eigenvalue weighted by Gasteiger charge is -2.18. The van der Waals surface area contributed by atoms with Crippen LogP contribution in [-0.2, 0) is 0 Å². The van der Waals surface area contributed by atoms with Crippen LogP contribution in [0.2, 0.25) is 0 Å². The Morgan fingerprint density at radius 2 is 1.90 bits per heavy atom. The second kappa shape index (κ2) is 8.65. The first-order valence-corrected chi connectivity index (χ1v) is 9.57. The van der Waals surface area contributed by atoms with Gasteiger partial charge in [-0.15, -0.1) is 0 Å². The Bertz CT molecular complexity index is 1180. The van der Waals surface area contributed by atoms with Gasteiger partial charge in [-0.25, -0.2) is 9.07 Å². The van der Waals surface area contributed by atoms with E-state index in [1.165, 1.54) is 29.2 Å². The van der Waals surface area contributed by atoms with E-state index in [1.54, 1.807) is 18.2 Å². The van der Waals surface area contributed by atoms with E-state index in [0.717, 1.165) is 18.8 Å². The van der Waals surface area contributed by atoms with Crippen molar-refractivity contribution in [1.29, 1.82) is 5.41 Å². The highest BCUT2D eigenvalue weighted by Crippen LogP contribution is 2.22. The summed E-state index contributed by atoms with van der Waals surface area (Å²) in [5.41, 5.74) is 1.80. The van der Waals surface area contributed by atoms with Crippen molar-refractivity contribution in [3.05, 3.63) is 94.7 Å². The minimum absolute atomic E-state index is 0.0945. The predicted molar refractivity (Wildman–Crippen MR) is 117 cm³/mol. The van der Waals surface area contributed by atoms with Crippen LogP contribution in [-0.4, -0.2) is 34.8 Å². The Hall–Kier alpha value is -3.87. The number of para-hydroxylation sites is 1. The number of nitrogens with one attached hydrogen (secondary N) is 1. The van der Waals surface area contributed by atoms with Gasteiger partial charge in [0, 0.05) is 43.7 Å². The summed E-state index contributed by atoms with van der Waals surface area (Å²) in [5, 5.41) is 11.8. The molecule has 0 amide bonds. The lowest BCUT2D eigenvalue weighted by Crippen LogP contribution is -2.22. The summed E-state index contributed by atoms with van der Waals surface area (Å²) in [6, 6.07) is 15.4. The zero-order valence-electron chi connectivity index (χ0n) is 16.2. The van der Waals surface area contributed by atoms with E-state index in [1.807, 2.05) is 41.3 Å². The summed E-state index contributed by atoms with van der Waals surface area (Å²) < 4.78 is 16.2. The van der Waals surface area contributed by atoms with Crippen LogP contribution in [0.25, 0.3) is 5.69 Å². The summed E-state index contributed by atoms with van der Waals surface area (Å²) in [6.45, 7) is 1.50. The largest absolute Gasteiger partial charge is 0.364 e. The fraction of sp³-hybridized carbons (Fsp3) is 0.130. The number of aromatic nitrogens is 2. The van der Waals surface area contributed by atoms with Gasteiger partial charge < -0.3 is 10.3 Å². The maximum Gasteiger partial charge on any atom is 0.209 e. The molecule has 6 nitrogen and oxygen atoms in total. The zero-order valence-corrected chi connectivity index (χ0v) is 16.2. The molecule has 1 aliphatic heterocycles. The van der Waals surface area contributed by atoms with Crippen LogP contribution in [0, 0.1) is 11.2 Å². The number of hydrogen-bond donors (Lipinski definition) is 1. The first-order chi connectivity index (χ1) is 14.7. The molecule has 1 N–H and O–H groups in total. The molecule has 150 valence electrons. The molecular formula is C23H20FN5O. The second-order valence-corrected chi connectivity index (χ2v) is 6.79. The number of anilines is 1. The molecule has 0 fully saturated rings. The van der Waals surface area contributed by atoms with Gasteiger partial charge in [0.15, 0.2) is 11.5 Å². The molecule has 0 saturated carbocycles. The highest BCUT2D eigenvalue weighted by atomic mass is 19.1.